The molecule has 1 unspecified atom stereocenters. The first-order valence-electron chi connectivity index (χ1n) is 20.1. The number of nitrogens with one attached hydrogen (secondary N) is 1. The molecule has 6 heteroatoms. The number of aliphatic hydroxyl groups excluding tert-OH is 4. The molecule has 6 nitrogen and oxygen atoms in total. The molecule has 0 saturated heterocycles. The van der Waals surface area contributed by atoms with Crippen molar-refractivity contribution in [3.8, 4) is 0 Å². The fourth-order valence-corrected chi connectivity index (χ4v) is 6.20. The Morgan fingerprint density at radius 1 is 0.500 bits per heavy atom. The van der Waals surface area contributed by atoms with Crippen LogP contribution in [0, 0.1) is 0 Å². The zero-order chi connectivity index (χ0) is 33.9. The third kappa shape index (κ3) is 30.4. The van der Waals surface area contributed by atoms with E-state index in [1.165, 1.54) is 154 Å². The van der Waals surface area contributed by atoms with E-state index in [9.17, 15) is 25.2 Å². The van der Waals surface area contributed by atoms with Gasteiger partial charge in [-0.1, -0.05) is 206 Å². The lowest BCUT2D eigenvalue weighted by Crippen LogP contribution is -2.48. The van der Waals surface area contributed by atoms with Crippen LogP contribution in [0.5, 0.6) is 0 Å². The van der Waals surface area contributed by atoms with E-state index in [-0.39, 0.29) is 0 Å². The summed E-state index contributed by atoms with van der Waals surface area (Å²) in [5, 5.41) is 43.2. The van der Waals surface area contributed by atoms with Gasteiger partial charge in [0.1, 0.15) is 6.10 Å². The molecule has 0 fully saturated rings. The molecule has 0 heterocycles. The van der Waals surface area contributed by atoms with Gasteiger partial charge in [0.25, 0.3) is 0 Å². The van der Waals surface area contributed by atoms with Crippen molar-refractivity contribution >= 4 is 5.91 Å². The van der Waals surface area contributed by atoms with Crippen molar-refractivity contribution in [1.29, 1.82) is 0 Å². The van der Waals surface area contributed by atoms with Crippen LogP contribution >= 0.6 is 0 Å². The summed E-state index contributed by atoms with van der Waals surface area (Å²) in [6, 6.07) is -0.914. The summed E-state index contributed by atoms with van der Waals surface area (Å²) in [6.45, 7) is 4.07. The Morgan fingerprint density at radius 2 is 0.826 bits per heavy atom. The topological polar surface area (TPSA) is 110 Å². The highest BCUT2D eigenvalue weighted by Crippen LogP contribution is 2.16. The molecular weight excluding hydrogens is 574 g/mol. The summed E-state index contributed by atoms with van der Waals surface area (Å²) in [7, 11) is 0. The largest absolute Gasteiger partial charge is 0.394 e. The molecule has 0 radical (unpaired) electrons. The summed E-state index contributed by atoms with van der Waals surface area (Å²) >= 11 is 0. The summed E-state index contributed by atoms with van der Waals surface area (Å²) in [5.74, 6) is -0.565. The van der Waals surface area contributed by atoms with Crippen LogP contribution in [0.2, 0.25) is 0 Å². The fraction of sp³-hybridized carbons (Fsp3) is 0.925. The maximum Gasteiger partial charge on any atom is 0.249 e. The molecular formula is C40H79NO5. The van der Waals surface area contributed by atoms with Gasteiger partial charge in [-0.2, -0.15) is 0 Å². The average Bonchev–Trinajstić information content (AvgIpc) is 3.06. The molecule has 4 atom stereocenters. The Labute approximate surface area is 285 Å². The normalized spacial score (nSPS) is 14.5. The minimum atomic E-state index is -1.15. The van der Waals surface area contributed by atoms with E-state index in [4.69, 9.17) is 0 Å². The second-order valence-electron chi connectivity index (χ2n) is 14.0. The monoisotopic (exact) mass is 654 g/mol. The zero-order valence-corrected chi connectivity index (χ0v) is 30.6. The molecule has 0 rings (SSSR count). The SMILES string of the molecule is CCCCCCCCCCCCCCCCCCCCC(O)C(=O)N[C@@H](CO)[C@H](O)/C=C/[C@H](O)CCCCCCCCCCCC. The minimum absolute atomic E-state index is 0.381. The molecule has 0 saturated carbocycles. The lowest BCUT2D eigenvalue weighted by atomic mass is 10.0. The van der Waals surface area contributed by atoms with Gasteiger partial charge in [0, 0.05) is 0 Å². The average molecular weight is 654 g/mol. The smallest absolute Gasteiger partial charge is 0.249 e. The van der Waals surface area contributed by atoms with E-state index < -0.39 is 36.9 Å². The van der Waals surface area contributed by atoms with Crippen molar-refractivity contribution in [3.63, 3.8) is 0 Å². The second kappa shape index (κ2) is 35.4. The third-order valence-electron chi connectivity index (χ3n) is 9.45. The molecule has 46 heavy (non-hydrogen) atoms. The highest BCUT2D eigenvalue weighted by molar-refractivity contribution is 5.80. The molecule has 5 N–H and O–H groups in total. The van der Waals surface area contributed by atoms with Gasteiger partial charge in [-0.25, -0.2) is 0 Å². The highest BCUT2D eigenvalue weighted by atomic mass is 16.3. The highest BCUT2D eigenvalue weighted by Gasteiger charge is 2.22. The number of hydrogen-bond donors (Lipinski definition) is 5. The minimum Gasteiger partial charge on any atom is -0.394 e. The number of rotatable bonds is 36. The van der Waals surface area contributed by atoms with Gasteiger partial charge in [0.2, 0.25) is 5.91 Å². The van der Waals surface area contributed by atoms with Gasteiger partial charge >= 0.3 is 0 Å². The van der Waals surface area contributed by atoms with E-state index in [0.29, 0.717) is 12.8 Å². The maximum absolute atomic E-state index is 12.4. The number of carbonyl (C=O) groups excluding carboxylic acids is 1. The fourth-order valence-electron chi connectivity index (χ4n) is 6.20. The van der Waals surface area contributed by atoms with Crippen LogP contribution in [0.1, 0.15) is 206 Å². The molecule has 0 aromatic carbocycles. The molecule has 274 valence electrons. The van der Waals surface area contributed by atoms with E-state index >= 15 is 0 Å². The summed E-state index contributed by atoms with van der Waals surface area (Å²) in [6.07, 6.45) is 36.8. The second-order valence-corrected chi connectivity index (χ2v) is 14.0. The lowest BCUT2D eigenvalue weighted by molar-refractivity contribution is -0.131. The van der Waals surface area contributed by atoms with E-state index in [1.807, 2.05) is 0 Å². The molecule has 0 aromatic rings. The van der Waals surface area contributed by atoms with E-state index in [1.54, 1.807) is 6.08 Å². The Hall–Kier alpha value is -0.950. The molecule has 0 aliphatic heterocycles. The van der Waals surface area contributed by atoms with Crippen LogP contribution in [-0.4, -0.2) is 57.3 Å². The molecule has 0 bridgehead atoms. The lowest BCUT2D eigenvalue weighted by Gasteiger charge is -2.22. The first kappa shape index (κ1) is 45.0. The molecule has 1 amide bonds. The molecule has 0 aliphatic rings. The summed E-state index contributed by atoms with van der Waals surface area (Å²) in [4.78, 5) is 12.4. The van der Waals surface area contributed by atoms with Crippen molar-refractivity contribution in [1.82, 2.24) is 5.32 Å². The standard InChI is InChI=1S/C40H79NO5/c1-3-5-7-9-11-13-15-16-17-18-19-20-21-22-24-26-28-30-32-39(45)40(46)41-37(35-42)38(44)34-33-36(43)31-29-27-25-23-14-12-10-8-6-4-2/h33-34,36-39,42-45H,3-32,35H2,1-2H3,(H,41,46)/b34-33+/t36-,37+,38-,39?/m1/s1. The van der Waals surface area contributed by atoms with Crippen molar-refractivity contribution in [2.75, 3.05) is 6.61 Å². The van der Waals surface area contributed by atoms with Crippen LogP contribution in [0.4, 0.5) is 0 Å². The van der Waals surface area contributed by atoms with Crippen molar-refractivity contribution in [2.45, 2.75) is 231 Å². The van der Waals surface area contributed by atoms with E-state index in [2.05, 4.69) is 19.2 Å². The van der Waals surface area contributed by atoms with Gasteiger partial charge in [0.05, 0.1) is 24.9 Å². The van der Waals surface area contributed by atoms with Crippen molar-refractivity contribution in [3.05, 3.63) is 12.2 Å². The number of carbonyl (C=O) groups is 1. The third-order valence-corrected chi connectivity index (χ3v) is 9.45. The van der Waals surface area contributed by atoms with Crippen molar-refractivity contribution in [2.24, 2.45) is 0 Å². The van der Waals surface area contributed by atoms with Gasteiger partial charge in [-0.05, 0) is 12.8 Å². The van der Waals surface area contributed by atoms with Gasteiger partial charge in [-0.3, -0.25) is 4.79 Å². The molecule has 0 aromatic heterocycles. The van der Waals surface area contributed by atoms with Crippen LogP contribution in [-0.2, 0) is 4.79 Å². The van der Waals surface area contributed by atoms with Crippen LogP contribution < -0.4 is 5.32 Å². The Balaban J connectivity index is 3.77. The number of amides is 1. The first-order valence-corrected chi connectivity index (χ1v) is 20.1. The number of aliphatic hydroxyl groups is 4. The van der Waals surface area contributed by atoms with Crippen molar-refractivity contribution < 1.29 is 25.2 Å². The maximum atomic E-state index is 12.4. The van der Waals surface area contributed by atoms with Gasteiger partial charge < -0.3 is 25.7 Å². The predicted molar refractivity (Wildman–Crippen MR) is 196 cm³/mol. The van der Waals surface area contributed by atoms with Crippen LogP contribution in [0.25, 0.3) is 0 Å². The first-order chi connectivity index (χ1) is 22.5. The van der Waals surface area contributed by atoms with Crippen LogP contribution in [0.3, 0.4) is 0 Å². The summed E-state index contributed by atoms with van der Waals surface area (Å²) in [5.41, 5.74) is 0. The van der Waals surface area contributed by atoms with Gasteiger partial charge in [-0.15, -0.1) is 0 Å². The van der Waals surface area contributed by atoms with Gasteiger partial charge in [0.15, 0.2) is 0 Å². The number of hydrogen-bond acceptors (Lipinski definition) is 5. The Morgan fingerprint density at radius 3 is 1.17 bits per heavy atom. The zero-order valence-electron chi connectivity index (χ0n) is 30.6. The van der Waals surface area contributed by atoms with Crippen LogP contribution in [0.15, 0.2) is 12.2 Å². The number of unbranched alkanes of at least 4 members (excludes halogenated alkanes) is 26. The Bertz CT molecular complexity index is 658. The van der Waals surface area contributed by atoms with E-state index in [0.717, 1.165) is 32.1 Å². The molecule has 0 spiro atoms. The molecule has 0 aliphatic carbocycles. The quantitative estimate of drug-likeness (QED) is 0.0342. The summed E-state index contributed by atoms with van der Waals surface area (Å²) < 4.78 is 0. The Kier molecular flexibility index (Phi) is 34.6. The predicted octanol–water partition coefficient (Wildman–Crippen LogP) is 9.85.